The van der Waals surface area contributed by atoms with E-state index in [1.165, 1.54) is 30.2 Å². The van der Waals surface area contributed by atoms with Gasteiger partial charge in [-0.15, -0.1) is 0 Å². The molecule has 1 N–H and O–H groups in total. The van der Waals surface area contributed by atoms with E-state index in [9.17, 15) is 19.1 Å². The number of halogens is 1. The molecule has 0 aromatic heterocycles. The summed E-state index contributed by atoms with van der Waals surface area (Å²) in [5, 5.41) is 9.39. The number of carbonyl (C=O) groups excluding carboxylic acids is 2. The van der Waals surface area contributed by atoms with E-state index >= 15 is 0 Å². The van der Waals surface area contributed by atoms with Crippen LogP contribution in [0.2, 0.25) is 0 Å². The predicted octanol–water partition coefficient (Wildman–Crippen LogP) is 1.60. The van der Waals surface area contributed by atoms with Crippen molar-refractivity contribution in [1.82, 2.24) is 4.90 Å². The molecule has 0 aliphatic carbocycles. The van der Waals surface area contributed by atoms with E-state index in [1.54, 1.807) is 0 Å². The fraction of sp³-hybridized carbons (Fsp3) is 0.467. The van der Waals surface area contributed by atoms with Gasteiger partial charge in [-0.3, -0.25) is 9.59 Å². The summed E-state index contributed by atoms with van der Waals surface area (Å²) in [6, 6.07) is 4.91. The first kappa shape index (κ1) is 17.1. The summed E-state index contributed by atoms with van der Waals surface area (Å²) in [6.07, 6.45) is 0.548. The monoisotopic (exact) mass is 297 g/mol. The van der Waals surface area contributed by atoms with E-state index in [4.69, 9.17) is 0 Å². The van der Waals surface area contributed by atoms with E-state index < -0.39 is 23.7 Å². The Morgan fingerprint density at radius 1 is 1.43 bits per heavy atom. The average molecular weight is 297 g/mol. The maximum atomic E-state index is 13.2. The van der Waals surface area contributed by atoms with Crippen LogP contribution >= 0.6 is 0 Å². The molecule has 0 saturated carbocycles. The second-order valence-corrected chi connectivity index (χ2v) is 4.58. The topological polar surface area (TPSA) is 66.8 Å². The molecular weight excluding hydrogens is 277 g/mol. The van der Waals surface area contributed by atoms with Crippen molar-refractivity contribution >= 4 is 11.9 Å². The Morgan fingerprint density at radius 3 is 2.67 bits per heavy atom. The molecule has 0 spiro atoms. The molecule has 116 valence electrons. The molecule has 1 aromatic rings. The molecule has 1 rings (SSSR count). The Bertz CT molecular complexity index is 488. The molecule has 1 atom stereocenters. The van der Waals surface area contributed by atoms with E-state index in [0.717, 1.165) is 6.07 Å². The Labute approximate surface area is 123 Å². The predicted molar refractivity (Wildman–Crippen MR) is 75.2 cm³/mol. The number of rotatable bonds is 7. The van der Waals surface area contributed by atoms with Gasteiger partial charge in [0, 0.05) is 12.1 Å². The molecule has 0 aliphatic rings. The van der Waals surface area contributed by atoms with E-state index in [1.807, 2.05) is 6.92 Å². The van der Waals surface area contributed by atoms with Crippen molar-refractivity contribution in [3.05, 3.63) is 35.6 Å². The van der Waals surface area contributed by atoms with Crippen LogP contribution < -0.4 is 0 Å². The van der Waals surface area contributed by atoms with Gasteiger partial charge in [0.2, 0.25) is 0 Å². The number of carbonyl (C=O) groups is 2. The van der Waals surface area contributed by atoms with Crippen molar-refractivity contribution < 1.29 is 23.8 Å². The highest BCUT2D eigenvalue weighted by Gasteiger charge is 2.24. The molecule has 1 aromatic carbocycles. The second-order valence-electron chi connectivity index (χ2n) is 4.58. The fourth-order valence-corrected chi connectivity index (χ4v) is 2.00. The van der Waals surface area contributed by atoms with Crippen LogP contribution in [0, 0.1) is 5.82 Å². The molecule has 1 unspecified atom stereocenters. The second kappa shape index (κ2) is 8.36. The average Bonchev–Trinajstić information content (AvgIpc) is 2.50. The normalized spacial score (nSPS) is 11.8. The minimum absolute atomic E-state index is 0.0219. The molecule has 21 heavy (non-hydrogen) atoms. The summed E-state index contributed by atoms with van der Waals surface area (Å²) < 4.78 is 17.8. The smallest absolute Gasteiger partial charge is 0.307 e. The van der Waals surface area contributed by atoms with Crippen molar-refractivity contribution in [1.29, 1.82) is 0 Å². The van der Waals surface area contributed by atoms with Crippen LogP contribution in [-0.2, 0) is 9.53 Å². The van der Waals surface area contributed by atoms with E-state index in [-0.39, 0.29) is 25.1 Å². The molecule has 0 radical (unpaired) electrons. The number of ether oxygens (including phenoxy) is 1. The molecule has 0 heterocycles. The van der Waals surface area contributed by atoms with Crippen molar-refractivity contribution in [2.24, 2.45) is 0 Å². The number of amides is 1. The van der Waals surface area contributed by atoms with Crippen LogP contribution in [0.1, 0.15) is 30.1 Å². The Hall–Kier alpha value is -1.95. The number of hydrogen-bond acceptors (Lipinski definition) is 4. The van der Waals surface area contributed by atoms with Gasteiger partial charge < -0.3 is 14.7 Å². The van der Waals surface area contributed by atoms with Gasteiger partial charge >= 0.3 is 5.97 Å². The Kier molecular flexibility index (Phi) is 6.81. The van der Waals surface area contributed by atoms with Gasteiger partial charge in [0.15, 0.2) is 0 Å². The van der Waals surface area contributed by atoms with Gasteiger partial charge in [-0.25, -0.2) is 4.39 Å². The van der Waals surface area contributed by atoms with Gasteiger partial charge in [-0.1, -0.05) is 13.0 Å². The van der Waals surface area contributed by atoms with Crippen LogP contribution in [-0.4, -0.2) is 48.2 Å². The van der Waals surface area contributed by atoms with E-state index in [2.05, 4.69) is 4.74 Å². The van der Waals surface area contributed by atoms with Crippen LogP contribution in [0.15, 0.2) is 24.3 Å². The minimum Gasteiger partial charge on any atom is -0.469 e. The van der Waals surface area contributed by atoms with Crippen molar-refractivity contribution in [2.45, 2.75) is 25.8 Å². The number of methoxy groups -OCH3 is 1. The zero-order chi connectivity index (χ0) is 15.8. The summed E-state index contributed by atoms with van der Waals surface area (Å²) in [6.45, 7) is 1.71. The first-order valence-corrected chi connectivity index (χ1v) is 6.77. The summed E-state index contributed by atoms with van der Waals surface area (Å²) in [5.41, 5.74) is 0.187. The van der Waals surface area contributed by atoms with Crippen LogP contribution in [0.4, 0.5) is 4.39 Å². The molecule has 6 heteroatoms. The van der Waals surface area contributed by atoms with Gasteiger partial charge in [-0.05, 0) is 24.6 Å². The fourth-order valence-electron chi connectivity index (χ4n) is 2.00. The summed E-state index contributed by atoms with van der Waals surface area (Å²) in [4.78, 5) is 25.1. The van der Waals surface area contributed by atoms with Crippen LogP contribution in [0.5, 0.6) is 0 Å². The number of benzene rings is 1. The lowest BCUT2D eigenvalue weighted by Gasteiger charge is -2.29. The molecular formula is C15H20FNO4. The quantitative estimate of drug-likeness (QED) is 0.776. The number of aliphatic hydroxyl groups excluding tert-OH is 1. The molecule has 0 fully saturated rings. The first-order valence-electron chi connectivity index (χ1n) is 6.77. The Balaban J connectivity index is 2.93. The van der Waals surface area contributed by atoms with Gasteiger partial charge in [0.25, 0.3) is 5.91 Å². The third-order valence-corrected chi connectivity index (χ3v) is 3.24. The van der Waals surface area contributed by atoms with Crippen LogP contribution in [0.25, 0.3) is 0 Å². The standard InChI is InChI=1S/C15H20FNO4/c1-3-13(10-18)17(8-7-14(19)21-2)15(20)11-5-4-6-12(16)9-11/h4-6,9,13,18H,3,7-8,10H2,1-2H3. The van der Waals surface area contributed by atoms with Gasteiger partial charge in [-0.2, -0.15) is 0 Å². The number of esters is 1. The summed E-state index contributed by atoms with van der Waals surface area (Å²) in [7, 11) is 1.27. The summed E-state index contributed by atoms with van der Waals surface area (Å²) in [5.74, 6) is -1.37. The zero-order valence-corrected chi connectivity index (χ0v) is 12.2. The lowest BCUT2D eigenvalue weighted by Crippen LogP contribution is -2.43. The first-order chi connectivity index (χ1) is 10.0. The molecule has 0 saturated heterocycles. The highest BCUT2D eigenvalue weighted by atomic mass is 19.1. The number of nitrogens with zero attached hydrogens (tertiary/aromatic N) is 1. The molecule has 0 aliphatic heterocycles. The van der Waals surface area contributed by atoms with Crippen LogP contribution in [0.3, 0.4) is 0 Å². The lowest BCUT2D eigenvalue weighted by atomic mass is 10.1. The third kappa shape index (κ3) is 4.82. The molecule has 1 amide bonds. The number of hydrogen-bond donors (Lipinski definition) is 1. The maximum Gasteiger partial charge on any atom is 0.307 e. The highest BCUT2D eigenvalue weighted by molar-refractivity contribution is 5.94. The lowest BCUT2D eigenvalue weighted by molar-refractivity contribution is -0.140. The molecule has 0 bridgehead atoms. The molecule has 5 nitrogen and oxygen atoms in total. The number of aliphatic hydroxyl groups is 1. The van der Waals surface area contributed by atoms with E-state index in [0.29, 0.717) is 6.42 Å². The van der Waals surface area contributed by atoms with Gasteiger partial charge in [0.1, 0.15) is 5.82 Å². The van der Waals surface area contributed by atoms with Gasteiger partial charge in [0.05, 0.1) is 26.2 Å². The Morgan fingerprint density at radius 2 is 2.14 bits per heavy atom. The third-order valence-electron chi connectivity index (χ3n) is 3.24. The zero-order valence-electron chi connectivity index (χ0n) is 12.2. The SMILES string of the molecule is CCC(CO)N(CCC(=O)OC)C(=O)c1cccc(F)c1. The largest absolute Gasteiger partial charge is 0.469 e. The highest BCUT2D eigenvalue weighted by Crippen LogP contribution is 2.13. The van der Waals surface area contributed by atoms with Crippen molar-refractivity contribution in [3.63, 3.8) is 0 Å². The minimum atomic E-state index is -0.509. The van der Waals surface area contributed by atoms with Crippen molar-refractivity contribution in [2.75, 3.05) is 20.3 Å². The maximum absolute atomic E-state index is 13.2. The van der Waals surface area contributed by atoms with Crippen molar-refractivity contribution in [3.8, 4) is 0 Å². The summed E-state index contributed by atoms with van der Waals surface area (Å²) >= 11 is 0.